The number of rotatable bonds is 6. The molecule has 0 bridgehead atoms. The topological polar surface area (TPSA) is 128 Å². The summed E-state index contributed by atoms with van der Waals surface area (Å²) in [6.45, 7) is 9.59. The van der Waals surface area contributed by atoms with Crippen LogP contribution in [-0.4, -0.2) is 90.7 Å². The molecule has 1 aromatic heterocycles. The molecule has 46 heavy (non-hydrogen) atoms. The highest BCUT2D eigenvalue weighted by Crippen LogP contribution is 2.52. The summed E-state index contributed by atoms with van der Waals surface area (Å²) in [6, 6.07) is 8.77. The Morgan fingerprint density at radius 2 is 1.74 bits per heavy atom. The van der Waals surface area contributed by atoms with Gasteiger partial charge in [-0.15, -0.1) is 0 Å². The van der Waals surface area contributed by atoms with E-state index in [0.29, 0.717) is 43.4 Å². The Bertz CT molecular complexity index is 1540. The van der Waals surface area contributed by atoms with Gasteiger partial charge in [0, 0.05) is 44.2 Å². The number of piperazine rings is 1. The van der Waals surface area contributed by atoms with Crippen LogP contribution < -0.4 is 9.47 Å². The summed E-state index contributed by atoms with van der Waals surface area (Å²) in [7, 11) is 1.33. The van der Waals surface area contributed by atoms with Crippen molar-refractivity contribution in [3.05, 3.63) is 59.7 Å². The van der Waals surface area contributed by atoms with Crippen molar-refractivity contribution < 1.29 is 42.5 Å². The molecular formula is C34H41N3O9. The number of carbonyl (C=O) groups excluding carboxylic acids is 4. The molecule has 0 aliphatic carbocycles. The fourth-order valence-electron chi connectivity index (χ4n) is 6.88. The summed E-state index contributed by atoms with van der Waals surface area (Å²) in [5.41, 5.74) is -0.299. The van der Waals surface area contributed by atoms with E-state index in [1.165, 1.54) is 13.4 Å². The largest absolute Gasteiger partial charge is 0.468 e. The minimum absolute atomic E-state index is 0.0721. The van der Waals surface area contributed by atoms with E-state index >= 15 is 0 Å². The second-order valence-electron chi connectivity index (χ2n) is 13.4. The number of furan rings is 1. The van der Waals surface area contributed by atoms with E-state index in [-0.39, 0.29) is 61.2 Å². The second-order valence-corrected chi connectivity index (χ2v) is 13.4. The molecule has 6 rings (SSSR count). The molecule has 0 N–H and O–H groups in total. The van der Waals surface area contributed by atoms with Gasteiger partial charge in [0.25, 0.3) is 5.91 Å². The summed E-state index contributed by atoms with van der Waals surface area (Å²) < 4.78 is 28.2. The SMILES string of the molecule is COC(=O)[C@]12C[C@H](CC(=O)N3CCN(C(=O)c4ccco4)CC3)C(=O)N(Cc3ccc4c(c3)OCO4)C1=C[C@H](C(C)(C)C)O[C@@H]2C. The third kappa shape index (κ3) is 5.63. The maximum atomic E-state index is 14.4. The zero-order valence-electron chi connectivity index (χ0n) is 26.9. The molecule has 0 spiro atoms. The van der Waals surface area contributed by atoms with E-state index in [1.54, 1.807) is 32.9 Å². The van der Waals surface area contributed by atoms with Gasteiger partial charge in [-0.25, -0.2) is 0 Å². The average Bonchev–Trinajstić information content (AvgIpc) is 3.75. The fraction of sp³-hybridized carbons (Fsp3) is 0.529. The van der Waals surface area contributed by atoms with Crippen LogP contribution in [0.3, 0.4) is 0 Å². The molecule has 2 aromatic rings. The van der Waals surface area contributed by atoms with Gasteiger partial charge in [0.2, 0.25) is 18.6 Å². The maximum Gasteiger partial charge on any atom is 0.320 e. The Morgan fingerprint density at radius 1 is 1.02 bits per heavy atom. The van der Waals surface area contributed by atoms with E-state index in [9.17, 15) is 19.2 Å². The van der Waals surface area contributed by atoms with E-state index in [4.69, 9.17) is 23.4 Å². The summed E-state index contributed by atoms with van der Waals surface area (Å²) >= 11 is 0. The number of carbonyl (C=O) groups is 4. The van der Waals surface area contributed by atoms with Crippen molar-refractivity contribution >= 4 is 23.7 Å². The molecule has 2 fully saturated rings. The Morgan fingerprint density at radius 3 is 2.41 bits per heavy atom. The predicted octanol–water partition coefficient (Wildman–Crippen LogP) is 3.61. The fourth-order valence-corrected chi connectivity index (χ4v) is 6.88. The lowest BCUT2D eigenvalue weighted by Gasteiger charge is -2.53. The van der Waals surface area contributed by atoms with Crippen LogP contribution in [0, 0.1) is 16.7 Å². The van der Waals surface area contributed by atoms with Crippen LogP contribution in [0.1, 0.15) is 56.7 Å². The number of ether oxygens (including phenoxy) is 4. The number of fused-ring (bicyclic) bond motifs is 2. The van der Waals surface area contributed by atoms with Crippen LogP contribution in [0.5, 0.6) is 11.5 Å². The standard InChI is InChI=1S/C34H41N3O9/c1-21-34(32(41)42-5)18-23(16-29(38)35-10-12-36(13-11-35)31(40)25-7-6-14-43-25)30(39)37(27(34)17-28(46-21)33(2,3)4)19-22-8-9-24-26(15-22)45-20-44-24/h6-9,14-15,17,21,23,28H,10-13,16,18-20H2,1-5H3/t21-,23+,28-,34+/m1/s1. The molecule has 246 valence electrons. The highest BCUT2D eigenvalue weighted by atomic mass is 16.7. The van der Waals surface area contributed by atoms with Gasteiger partial charge >= 0.3 is 5.97 Å². The molecule has 12 nitrogen and oxygen atoms in total. The van der Waals surface area contributed by atoms with Gasteiger partial charge in [-0.05, 0) is 54.7 Å². The molecular weight excluding hydrogens is 594 g/mol. The number of likely N-dealkylation sites (tertiary alicyclic amines) is 1. The van der Waals surface area contributed by atoms with Crippen molar-refractivity contribution in [1.82, 2.24) is 14.7 Å². The summed E-state index contributed by atoms with van der Waals surface area (Å²) in [5.74, 6) is -0.538. The van der Waals surface area contributed by atoms with Crippen molar-refractivity contribution in [3.63, 3.8) is 0 Å². The van der Waals surface area contributed by atoms with Crippen molar-refractivity contribution in [1.29, 1.82) is 0 Å². The summed E-state index contributed by atoms with van der Waals surface area (Å²) in [6.07, 6.45) is 2.31. The van der Waals surface area contributed by atoms with Crippen LogP contribution >= 0.6 is 0 Å². The maximum absolute atomic E-state index is 14.4. The van der Waals surface area contributed by atoms with Crippen molar-refractivity contribution in [2.45, 2.75) is 59.3 Å². The Kier molecular flexibility index (Phi) is 8.34. The van der Waals surface area contributed by atoms with Gasteiger partial charge in [0.1, 0.15) is 5.41 Å². The number of hydrogen-bond acceptors (Lipinski definition) is 9. The Balaban J connectivity index is 1.29. The molecule has 0 saturated carbocycles. The zero-order valence-corrected chi connectivity index (χ0v) is 26.9. The first-order valence-corrected chi connectivity index (χ1v) is 15.7. The summed E-state index contributed by atoms with van der Waals surface area (Å²) in [4.78, 5) is 59.7. The van der Waals surface area contributed by atoms with Crippen LogP contribution in [0.4, 0.5) is 0 Å². The van der Waals surface area contributed by atoms with Gasteiger partial charge in [0.05, 0.1) is 32.1 Å². The molecule has 5 heterocycles. The number of amides is 3. The van der Waals surface area contributed by atoms with Crippen LogP contribution in [-0.2, 0) is 30.4 Å². The Hall–Kier alpha value is -4.32. The van der Waals surface area contributed by atoms with E-state index in [2.05, 4.69) is 0 Å². The van der Waals surface area contributed by atoms with Crippen LogP contribution in [0.25, 0.3) is 0 Å². The van der Waals surface area contributed by atoms with Crippen LogP contribution in [0.15, 0.2) is 52.8 Å². The highest BCUT2D eigenvalue weighted by molar-refractivity contribution is 5.93. The van der Waals surface area contributed by atoms with Gasteiger partial charge in [-0.2, -0.15) is 0 Å². The molecule has 4 atom stereocenters. The number of piperidine rings is 1. The van der Waals surface area contributed by atoms with Crippen molar-refractivity contribution in [2.24, 2.45) is 16.7 Å². The molecule has 0 unspecified atom stereocenters. The minimum atomic E-state index is -1.31. The van der Waals surface area contributed by atoms with Crippen molar-refractivity contribution in [3.8, 4) is 11.5 Å². The first kappa shape index (κ1) is 31.7. The number of nitrogens with zero attached hydrogens (tertiary/aromatic N) is 3. The number of methoxy groups -OCH3 is 1. The first-order valence-electron chi connectivity index (χ1n) is 15.7. The molecule has 1 aromatic carbocycles. The monoisotopic (exact) mass is 635 g/mol. The first-order chi connectivity index (χ1) is 21.9. The van der Waals surface area contributed by atoms with E-state index in [0.717, 1.165) is 5.56 Å². The predicted molar refractivity (Wildman–Crippen MR) is 163 cm³/mol. The number of hydrogen-bond donors (Lipinski definition) is 0. The van der Waals surface area contributed by atoms with Gasteiger partial charge in [0.15, 0.2) is 17.3 Å². The molecule has 4 aliphatic heterocycles. The average molecular weight is 636 g/mol. The number of esters is 1. The lowest BCUT2D eigenvalue weighted by Crippen LogP contribution is -2.61. The lowest BCUT2D eigenvalue weighted by atomic mass is 9.65. The molecule has 2 saturated heterocycles. The van der Waals surface area contributed by atoms with Crippen molar-refractivity contribution in [2.75, 3.05) is 40.1 Å². The molecule has 3 amide bonds. The second kappa shape index (κ2) is 12.1. The quantitative estimate of drug-likeness (QED) is 0.438. The van der Waals surface area contributed by atoms with Gasteiger partial charge in [-0.1, -0.05) is 26.8 Å². The van der Waals surface area contributed by atoms with Crippen LogP contribution in [0.2, 0.25) is 0 Å². The highest BCUT2D eigenvalue weighted by Gasteiger charge is 2.60. The van der Waals surface area contributed by atoms with E-state index < -0.39 is 23.4 Å². The smallest absolute Gasteiger partial charge is 0.320 e. The third-order valence-corrected chi connectivity index (χ3v) is 9.54. The summed E-state index contributed by atoms with van der Waals surface area (Å²) in [5, 5.41) is 0. The third-order valence-electron chi connectivity index (χ3n) is 9.54. The normalized spacial score (nSPS) is 26.0. The zero-order chi connectivity index (χ0) is 32.8. The number of benzene rings is 1. The van der Waals surface area contributed by atoms with Gasteiger partial charge < -0.3 is 38.1 Å². The van der Waals surface area contributed by atoms with Gasteiger partial charge in [-0.3, -0.25) is 19.2 Å². The lowest BCUT2D eigenvalue weighted by molar-refractivity contribution is -0.180. The minimum Gasteiger partial charge on any atom is -0.468 e. The van der Waals surface area contributed by atoms with E-state index in [1.807, 2.05) is 45.9 Å². The molecule has 4 aliphatic rings. The molecule has 12 heteroatoms. The molecule has 0 radical (unpaired) electrons. The Labute approximate surface area is 268 Å².